The summed E-state index contributed by atoms with van der Waals surface area (Å²) in [5.41, 5.74) is 0.877. The van der Waals surface area contributed by atoms with Crippen LogP contribution in [0.4, 0.5) is 0 Å². The van der Waals surface area contributed by atoms with Gasteiger partial charge in [-0.25, -0.2) is 0 Å². The molecule has 0 spiro atoms. The Bertz CT molecular complexity index is 421. The molecule has 1 saturated heterocycles. The van der Waals surface area contributed by atoms with Crippen LogP contribution in [0.1, 0.15) is 47.1 Å². The third kappa shape index (κ3) is 2.87. The first-order chi connectivity index (χ1) is 8.64. The van der Waals surface area contributed by atoms with E-state index in [1.165, 1.54) is 5.56 Å². The molecule has 2 nitrogen and oxygen atoms in total. The van der Waals surface area contributed by atoms with Crippen molar-refractivity contribution >= 4 is 7.12 Å². The molecule has 1 aromatic carbocycles. The van der Waals surface area contributed by atoms with Crippen molar-refractivity contribution in [2.75, 3.05) is 0 Å². The first-order valence-electron chi connectivity index (χ1n) is 7.05. The lowest BCUT2D eigenvalue weighted by Crippen LogP contribution is -2.41. The van der Waals surface area contributed by atoms with Crippen molar-refractivity contribution in [1.29, 1.82) is 0 Å². The average molecular weight is 260 g/mol. The Morgan fingerprint density at radius 3 is 1.89 bits per heavy atom. The first kappa shape index (κ1) is 14.6. The molecular weight excluding hydrogens is 235 g/mol. The van der Waals surface area contributed by atoms with Gasteiger partial charge in [-0.2, -0.15) is 0 Å². The molecule has 0 N–H and O–H groups in total. The van der Waals surface area contributed by atoms with Crippen LogP contribution in [0.5, 0.6) is 0 Å². The van der Waals surface area contributed by atoms with E-state index in [0.717, 1.165) is 6.32 Å². The van der Waals surface area contributed by atoms with Crippen molar-refractivity contribution < 1.29 is 9.31 Å². The molecule has 1 aromatic rings. The van der Waals surface area contributed by atoms with Crippen LogP contribution in [0.2, 0.25) is 6.32 Å². The second-order valence-electron chi connectivity index (χ2n) is 7.14. The summed E-state index contributed by atoms with van der Waals surface area (Å²) in [5.74, 6) is 0. The summed E-state index contributed by atoms with van der Waals surface area (Å²) in [6.45, 7) is 12.9. The van der Waals surface area contributed by atoms with Gasteiger partial charge in [0.1, 0.15) is 0 Å². The van der Waals surface area contributed by atoms with E-state index in [2.05, 4.69) is 65.8 Å². The summed E-state index contributed by atoms with van der Waals surface area (Å²) in [6.07, 6.45) is 0.865. The molecule has 0 unspecified atom stereocenters. The third-order valence-corrected chi connectivity index (χ3v) is 4.53. The Labute approximate surface area is 117 Å². The van der Waals surface area contributed by atoms with Crippen molar-refractivity contribution in [3.05, 3.63) is 35.9 Å². The summed E-state index contributed by atoms with van der Waals surface area (Å²) in [5, 5.41) is 0. The summed E-state index contributed by atoms with van der Waals surface area (Å²) in [7, 11) is -0.139. The zero-order chi connectivity index (χ0) is 14.3. The molecule has 1 aliphatic rings. The highest BCUT2D eigenvalue weighted by molar-refractivity contribution is 6.45. The molecule has 1 aliphatic heterocycles. The van der Waals surface area contributed by atoms with Crippen LogP contribution < -0.4 is 0 Å². The van der Waals surface area contributed by atoms with E-state index in [0.29, 0.717) is 0 Å². The largest absolute Gasteiger partial charge is 0.458 e. The highest BCUT2D eigenvalue weighted by Gasteiger charge is 2.52. The van der Waals surface area contributed by atoms with E-state index in [1.54, 1.807) is 0 Å². The molecule has 1 fully saturated rings. The minimum absolute atomic E-state index is 0.0441. The van der Waals surface area contributed by atoms with Crippen LogP contribution in [0.15, 0.2) is 30.3 Å². The number of hydrogen-bond acceptors (Lipinski definition) is 2. The number of benzene rings is 1. The molecule has 3 heteroatoms. The van der Waals surface area contributed by atoms with Crippen molar-refractivity contribution in [2.24, 2.45) is 0 Å². The quantitative estimate of drug-likeness (QED) is 0.763. The van der Waals surface area contributed by atoms with Crippen LogP contribution >= 0.6 is 0 Å². The lowest BCUT2D eigenvalue weighted by Gasteiger charge is -2.32. The topological polar surface area (TPSA) is 18.5 Å². The Morgan fingerprint density at radius 1 is 0.947 bits per heavy atom. The lowest BCUT2D eigenvalue weighted by molar-refractivity contribution is 0.00578. The van der Waals surface area contributed by atoms with Gasteiger partial charge in [-0.3, -0.25) is 0 Å². The molecule has 0 aromatic heterocycles. The van der Waals surface area contributed by atoms with E-state index in [9.17, 15) is 0 Å². The standard InChI is InChI=1S/C16H25BO2/c1-14(2,13-10-8-7-9-11-13)12-17-18-15(3,4)16(5,6)19-17/h7-11H,12H2,1-6H3. The molecule has 0 atom stereocenters. The van der Waals surface area contributed by atoms with Gasteiger partial charge in [0.25, 0.3) is 0 Å². The van der Waals surface area contributed by atoms with E-state index < -0.39 is 0 Å². The van der Waals surface area contributed by atoms with Crippen LogP contribution in [0.3, 0.4) is 0 Å². The fraction of sp³-hybridized carbons (Fsp3) is 0.625. The van der Waals surface area contributed by atoms with Gasteiger partial charge < -0.3 is 9.31 Å². The van der Waals surface area contributed by atoms with Crippen molar-refractivity contribution in [3.8, 4) is 0 Å². The van der Waals surface area contributed by atoms with Gasteiger partial charge in [0.05, 0.1) is 11.2 Å². The maximum atomic E-state index is 6.10. The Balaban J connectivity index is 2.11. The molecular formula is C16H25BO2. The molecule has 0 aliphatic carbocycles. The van der Waals surface area contributed by atoms with E-state index in [4.69, 9.17) is 9.31 Å². The van der Waals surface area contributed by atoms with E-state index >= 15 is 0 Å². The van der Waals surface area contributed by atoms with Crippen molar-refractivity contribution in [3.63, 3.8) is 0 Å². The molecule has 1 heterocycles. The summed E-state index contributed by atoms with van der Waals surface area (Å²) in [6, 6.07) is 10.6. The second-order valence-corrected chi connectivity index (χ2v) is 7.14. The minimum Gasteiger partial charge on any atom is -0.403 e. The van der Waals surface area contributed by atoms with E-state index in [-0.39, 0.29) is 23.7 Å². The van der Waals surface area contributed by atoms with Gasteiger partial charge in [0, 0.05) is 0 Å². The lowest BCUT2D eigenvalue weighted by atomic mass is 9.66. The SMILES string of the molecule is CC(C)(CB1OC(C)(C)C(C)(C)O1)c1ccccc1. The number of hydrogen-bond donors (Lipinski definition) is 0. The Kier molecular flexibility index (Phi) is 3.57. The van der Waals surface area contributed by atoms with Gasteiger partial charge in [-0.1, -0.05) is 44.2 Å². The predicted molar refractivity (Wildman–Crippen MR) is 80.4 cm³/mol. The average Bonchev–Trinajstić information content (AvgIpc) is 2.47. The van der Waals surface area contributed by atoms with Crippen molar-refractivity contribution in [2.45, 2.75) is 64.5 Å². The monoisotopic (exact) mass is 260 g/mol. The summed E-state index contributed by atoms with van der Waals surface area (Å²) >= 11 is 0. The van der Waals surface area contributed by atoms with E-state index in [1.807, 2.05) is 6.07 Å². The smallest absolute Gasteiger partial charge is 0.403 e. The molecule has 0 amide bonds. The summed E-state index contributed by atoms with van der Waals surface area (Å²) in [4.78, 5) is 0. The van der Waals surface area contributed by atoms with Gasteiger partial charge >= 0.3 is 7.12 Å². The second kappa shape index (κ2) is 4.64. The zero-order valence-electron chi connectivity index (χ0n) is 13.0. The minimum atomic E-state index is -0.246. The van der Waals surface area contributed by atoms with Crippen molar-refractivity contribution in [1.82, 2.24) is 0 Å². The highest BCUT2D eigenvalue weighted by Crippen LogP contribution is 2.41. The molecule has 19 heavy (non-hydrogen) atoms. The van der Waals surface area contributed by atoms with Crippen LogP contribution in [-0.4, -0.2) is 18.3 Å². The Hall–Kier alpha value is -0.795. The normalized spacial score (nSPS) is 21.7. The molecule has 2 rings (SSSR count). The molecule has 0 radical (unpaired) electrons. The zero-order valence-corrected chi connectivity index (χ0v) is 13.0. The Morgan fingerprint density at radius 2 is 1.42 bits per heavy atom. The first-order valence-corrected chi connectivity index (χ1v) is 7.05. The molecule has 0 bridgehead atoms. The van der Waals surface area contributed by atoms with Crippen LogP contribution in [0.25, 0.3) is 0 Å². The van der Waals surface area contributed by atoms with Gasteiger partial charge in [-0.05, 0) is 45.0 Å². The van der Waals surface area contributed by atoms with Crippen LogP contribution in [-0.2, 0) is 14.7 Å². The number of rotatable bonds is 3. The molecule has 0 saturated carbocycles. The maximum absolute atomic E-state index is 6.10. The fourth-order valence-electron chi connectivity index (χ4n) is 2.47. The fourth-order valence-corrected chi connectivity index (χ4v) is 2.47. The third-order valence-electron chi connectivity index (χ3n) is 4.53. The van der Waals surface area contributed by atoms with Crippen LogP contribution in [0, 0.1) is 0 Å². The predicted octanol–water partition coefficient (Wildman–Crippen LogP) is 4.06. The van der Waals surface area contributed by atoms with Gasteiger partial charge in [0.15, 0.2) is 0 Å². The van der Waals surface area contributed by atoms with Gasteiger partial charge in [0.2, 0.25) is 0 Å². The molecule has 104 valence electrons. The maximum Gasteiger partial charge on any atom is 0.458 e. The van der Waals surface area contributed by atoms with Gasteiger partial charge in [-0.15, -0.1) is 0 Å². The summed E-state index contributed by atoms with van der Waals surface area (Å²) < 4.78 is 12.2. The highest BCUT2D eigenvalue weighted by atomic mass is 16.7.